The molecule has 0 fully saturated rings. The van der Waals surface area contributed by atoms with Gasteiger partial charge in [0.15, 0.2) is 5.69 Å². The lowest BCUT2D eigenvalue weighted by Crippen LogP contribution is -2.09. The van der Waals surface area contributed by atoms with E-state index in [0.29, 0.717) is 28.8 Å². The maximum Gasteiger partial charge on any atom is 0.360 e. The summed E-state index contributed by atoms with van der Waals surface area (Å²) in [6.45, 7) is 0.256. The molecular formula is C19H17BrFN3O3. The first-order chi connectivity index (χ1) is 13.1. The number of esters is 1. The standard InChI is InChI=1S/C19H17BrFN3O3/c1-26-16-9-13(10-22-11-16)3-2-8-27-19(25)18-17(20)12-24(23-18)15-6-4-14(21)5-7-15/h4-7,9-12H,2-3,8H2,1H3. The molecule has 0 saturated heterocycles. The molecule has 140 valence electrons. The van der Waals surface area contributed by atoms with Gasteiger partial charge in [-0.15, -0.1) is 0 Å². The van der Waals surface area contributed by atoms with Gasteiger partial charge in [-0.2, -0.15) is 5.10 Å². The number of halogens is 2. The lowest BCUT2D eigenvalue weighted by Gasteiger charge is -2.05. The van der Waals surface area contributed by atoms with Crippen LogP contribution in [0.25, 0.3) is 5.69 Å². The first-order valence-electron chi connectivity index (χ1n) is 8.23. The van der Waals surface area contributed by atoms with Crippen LogP contribution >= 0.6 is 15.9 Å². The molecule has 0 N–H and O–H groups in total. The Balaban J connectivity index is 1.55. The smallest absolute Gasteiger partial charge is 0.360 e. The van der Waals surface area contributed by atoms with Gasteiger partial charge in [0.05, 0.1) is 30.1 Å². The lowest BCUT2D eigenvalue weighted by atomic mass is 10.1. The number of rotatable bonds is 7. The molecule has 6 nitrogen and oxygen atoms in total. The summed E-state index contributed by atoms with van der Waals surface area (Å²) in [6.07, 6.45) is 6.38. The maximum absolute atomic E-state index is 13.0. The number of carbonyl (C=O) groups excluding carboxylic acids is 1. The number of nitrogens with zero attached hydrogens (tertiary/aromatic N) is 3. The summed E-state index contributed by atoms with van der Waals surface area (Å²) in [5, 5.41) is 4.22. The SMILES string of the molecule is COc1cncc(CCCOC(=O)c2nn(-c3ccc(F)cc3)cc2Br)c1. The largest absolute Gasteiger partial charge is 0.495 e. The lowest BCUT2D eigenvalue weighted by molar-refractivity contribution is 0.0492. The Kier molecular flexibility index (Phi) is 6.18. The van der Waals surface area contributed by atoms with Gasteiger partial charge in [-0.05, 0) is 64.7 Å². The number of aryl methyl sites for hydroxylation is 1. The molecule has 1 aromatic carbocycles. The minimum Gasteiger partial charge on any atom is -0.495 e. The molecule has 0 atom stereocenters. The van der Waals surface area contributed by atoms with Crippen LogP contribution in [-0.4, -0.2) is 34.5 Å². The summed E-state index contributed by atoms with van der Waals surface area (Å²) < 4.78 is 25.5. The van der Waals surface area contributed by atoms with Gasteiger partial charge in [0, 0.05) is 12.4 Å². The average molecular weight is 434 g/mol. The zero-order valence-electron chi connectivity index (χ0n) is 14.6. The maximum atomic E-state index is 13.0. The van der Waals surface area contributed by atoms with Crippen molar-refractivity contribution in [1.29, 1.82) is 0 Å². The summed E-state index contributed by atoms with van der Waals surface area (Å²) >= 11 is 3.31. The van der Waals surface area contributed by atoms with E-state index in [-0.39, 0.29) is 18.1 Å². The fourth-order valence-corrected chi connectivity index (χ4v) is 2.87. The monoisotopic (exact) mass is 433 g/mol. The summed E-state index contributed by atoms with van der Waals surface area (Å²) in [5.74, 6) is -0.165. The van der Waals surface area contributed by atoms with Gasteiger partial charge in [0.2, 0.25) is 0 Å². The molecule has 3 rings (SSSR count). The highest BCUT2D eigenvalue weighted by Gasteiger charge is 2.17. The topological polar surface area (TPSA) is 66.2 Å². The van der Waals surface area contributed by atoms with Crippen LogP contribution in [0.15, 0.2) is 53.4 Å². The van der Waals surface area contributed by atoms with E-state index in [9.17, 15) is 9.18 Å². The zero-order chi connectivity index (χ0) is 19.2. The molecule has 0 bridgehead atoms. The minimum atomic E-state index is -0.522. The highest BCUT2D eigenvalue weighted by Crippen LogP contribution is 2.19. The van der Waals surface area contributed by atoms with Crippen LogP contribution in [0.2, 0.25) is 0 Å². The summed E-state index contributed by atoms with van der Waals surface area (Å²) in [5.41, 5.74) is 1.82. The molecule has 0 amide bonds. The molecule has 0 aliphatic heterocycles. The van der Waals surface area contributed by atoms with Gasteiger partial charge >= 0.3 is 5.97 Å². The van der Waals surface area contributed by atoms with Gasteiger partial charge in [0.1, 0.15) is 11.6 Å². The normalized spacial score (nSPS) is 10.6. The molecule has 27 heavy (non-hydrogen) atoms. The number of ether oxygens (including phenoxy) is 2. The van der Waals surface area contributed by atoms with Crippen LogP contribution in [0.3, 0.4) is 0 Å². The Hall–Kier alpha value is -2.74. The molecule has 3 aromatic rings. The van der Waals surface area contributed by atoms with Crippen molar-refractivity contribution in [3.8, 4) is 11.4 Å². The molecular weight excluding hydrogens is 417 g/mol. The summed E-state index contributed by atoms with van der Waals surface area (Å²) in [4.78, 5) is 16.3. The molecule has 2 aromatic heterocycles. The molecule has 8 heteroatoms. The van der Waals surface area contributed by atoms with Gasteiger partial charge in [-0.3, -0.25) is 4.98 Å². The van der Waals surface area contributed by atoms with Crippen LogP contribution < -0.4 is 4.74 Å². The fraction of sp³-hybridized carbons (Fsp3) is 0.211. The third kappa shape index (κ3) is 4.91. The average Bonchev–Trinajstić information content (AvgIpc) is 3.07. The van der Waals surface area contributed by atoms with Crippen LogP contribution in [0.4, 0.5) is 4.39 Å². The van der Waals surface area contributed by atoms with Crippen LogP contribution in [-0.2, 0) is 11.2 Å². The number of hydrogen-bond acceptors (Lipinski definition) is 5. The van der Waals surface area contributed by atoms with Crippen LogP contribution in [0, 0.1) is 5.82 Å². The molecule has 0 radical (unpaired) electrons. The van der Waals surface area contributed by atoms with Crippen molar-refractivity contribution in [1.82, 2.24) is 14.8 Å². The first-order valence-corrected chi connectivity index (χ1v) is 9.02. The van der Waals surface area contributed by atoms with Crippen molar-refractivity contribution in [3.63, 3.8) is 0 Å². The molecule has 2 heterocycles. The van der Waals surface area contributed by atoms with Crippen molar-refractivity contribution < 1.29 is 18.7 Å². The van der Waals surface area contributed by atoms with Crippen molar-refractivity contribution in [2.24, 2.45) is 0 Å². The number of pyridine rings is 1. The van der Waals surface area contributed by atoms with Crippen molar-refractivity contribution in [3.05, 3.63) is 70.5 Å². The van der Waals surface area contributed by atoms with E-state index in [2.05, 4.69) is 26.0 Å². The van der Waals surface area contributed by atoms with Crippen LogP contribution in [0.1, 0.15) is 22.5 Å². The second-order valence-electron chi connectivity index (χ2n) is 5.72. The number of aromatic nitrogens is 3. The number of methoxy groups -OCH3 is 1. The zero-order valence-corrected chi connectivity index (χ0v) is 16.1. The van der Waals surface area contributed by atoms with E-state index in [0.717, 1.165) is 5.56 Å². The van der Waals surface area contributed by atoms with E-state index in [1.807, 2.05) is 6.07 Å². The Labute approximate surface area is 164 Å². The van der Waals surface area contributed by atoms with E-state index in [1.165, 1.54) is 16.8 Å². The van der Waals surface area contributed by atoms with Crippen molar-refractivity contribution in [2.75, 3.05) is 13.7 Å². The van der Waals surface area contributed by atoms with Gasteiger partial charge in [0.25, 0.3) is 0 Å². The predicted octanol–water partition coefficient (Wildman–Crippen LogP) is 3.97. The van der Waals surface area contributed by atoms with E-state index >= 15 is 0 Å². The second-order valence-corrected chi connectivity index (χ2v) is 6.57. The van der Waals surface area contributed by atoms with Crippen LogP contribution in [0.5, 0.6) is 5.75 Å². The number of carbonyl (C=O) groups is 1. The fourth-order valence-electron chi connectivity index (χ4n) is 2.44. The molecule has 0 unspecified atom stereocenters. The summed E-state index contributed by atoms with van der Waals surface area (Å²) in [7, 11) is 1.59. The first kappa shape index (κ1) is 19.0. The molecule has 0 saturated carbocycles. The Bertz CT molecular complexity index is 928. The number of hydrogen-bond donors (Lipinski definition) is 0. The van der Waals surface area contributed by atoms with Crippen molar-refractivity contribution in [2.45, 2.75) is 12.8 Å². The van der Waals surface area contributed by atoms with Gasteiger partial charge < -0.3 is 9.47 Å². The third-order valence-electron chi connectivity index (χ3n) is 3.80. The highest BCUT2D eigenvalue weighted by molar-refractivity contribution is 9.10. The van der Waals surface area contributed by atoms with E-state index < -0.39 is 5.97 Å². The van der Waals surface area contributed by atoms with Gasteiger partial charge in [-0.25, -0.2) is 13.9 Å². The Morgan fingerprint density at radius 2 is 2.04 bits per heavy atom. The summed E-state index contributed by atoms with van der Waals surface area (Å²) in [6, 6.07) is 7.71. The van der Waals surface area contributed by atoms with E-state index in [4.69, 9.17) is 9.47 Å². The molecule has 0 aliphatic rings. The highest BCUT2D eigenvalue weighted by atomic mass is 79.9. The van der Waals surface area contributed by atoms with Crippen molar-refractivity contribution >= 4 is 21.9 Å². The second kappa shape index (κ2) is 8.77. The molecule has 0 aliphatic carbocycles. The molecule has 0 spiro atoms. The third-order valence-corrected chi connectivity index (χ3v) is 4.38. The number of benzene rings is 1. The predicted molar refractivity (Wildman–Crippen MR) is 101 cm³/mol. The quantitative estimate of drug-likeness (QED) is 0.416. The Morgan fingerprint density at radius 1 is 1.26 bits per heavy atom. The van der Waals surface area contributed by atoms with E-state index in [1.54, 1.807) is 37.8 Å². The van der Waals surface area contributed by atoms with Gasteiger partial charge in [-0.1, -0.05) is 0 Å². The Morgan fingerprint density at radius 3 is 2.78 bits per heavy atom. The minimum absolute atomic E-state index is 0.169.